The Hall–Kier alpha value is -0.910. The van der Waals surface area contributed by atoms with Crippen LogP contribution in [0.4, 0.5) is 0 Å². The first-order valence-electron chi connectivity index (χ1n) is 9.24. The molecule has 0 aromatic heterocycles. The van der Waals surface area contributed by atoms with E-state index in [2.05, 4.69) is 51.5 Å². The number of ether oxygens (including phenoxy) is 2. The average molecular weight is 336 g/mol. The second-order valence-electron chi connectivity index (χ2n) is 8.91. The molecule has 0 unspecified atom stereocenters. The number of rotatable bonds is 3. The lowest BCUT2D eigenvalue weighted by atomic mass is 9.81. The fourth-order valence-corrected chi connectivity index (χ4v) is 4.00. The molecule has 2 saturated heterocycles. The van der Waals surface area contributed by atoms with Gasteiger partial charge in [0.15, 0.2) is 0 Å². The first-order chi connectivity index (χ1) is 11.2. The molecule has 3 rings (SSSR count). The second-order valence-corrected chi connectivity index (χ2v) is 8.91. The summed E-state index contributed by atoms with van der Waals surface area (Å²) in [5.74, 6) is 0.0394. The van der Waals surface area contributed by atoms with Crippen LogP contribution in [0, 0.1) is 11.8 Å². The van der Waals surface area contributed by atoms with E-state index in [1.165, 1.54) is 5.57 Å². The summed E-state index contributed by atoms with van der Waals surface area (Å²) in [7, 11) is 0. The molecule has 2 fully saturated rings. The fourth-order valence-electron chi connectivity index (χ4n) is 4.00. The number of esters is 1. The predicted molar refractivity (Wildman–Crippen MR) is 93.3 cm³/mol. The molecule has 0 radical (unpaired) electrons. The van der Waals surface area contributed by atoms with E-state index in [0.29, 0.717) is 6.54 Å². The van der Waals surface area contributed by atoms with E-state index in [0.717, 1.165) is 25.7 Å². The van der Waals surface area contributed by atoms with Gasteiger partial charge in [-0.25, -0.2) is 0 Å². The Labute approximate surface area is 145 Å². The molecule has 24 heavy (non-hydrogen) atoms. The van der Waals surface area contributed by atoms with E-state index in [1.807, 2.05) is 0 Å². The largest absolute Gasteiger partial charge is 0.459 e. The maximum atomic E-state index is 12.5. The summed E-state index contributed by atoms with van der Waals surface area (Å²) in [6.45, 7) is 11.2. The molecule has 0 spiro atoms. The fraction of sp³-hybridized carbons (Fsp3) is 0.842. The van der Waals surface area contributed by atoms with Crippen LogP contribution in [0.25, 0.3) is 0 Å². The van der Waals surface area contributed by atoms with Gasteiger partial charge in [-0.05, 0) is 60.3 Å². The molecule has 136 valence electrons. The van der Waals surface area contributed by atoms with Crippen molar-refractivity contribution in [1.82, 2.24) is 10.9 Å². The summed E-state index contributed by atoms with van der Waals surface area (Å²) >= 11 is 0. The zero-order chi connectivity index (χ0) is 17.5. The summed E-state index contributed by atoms with van der Waals surface area (Å²) < 4.78 is 11.8. The van der Waals surface area contributed by atoms with Crippen LogP contribution in [-0.2, 0) is 14.3 Å². The van der Waals surface area contributed by atoms with Crippen LogP contribution in [-0.4, -0.2) is 35.9 Å². The molecular weight excluding hydrogens is 304 g/mol. The van der Waals surface area contributed by atoms with Crippen molar-refractivity contribution in [3.8, 4) is 0 Å². The summed E-state index contributed by atoms with van der Waals surface area (Å²) in [4.78, 5) is 12.5. The minimum absolute atomic E-state index is 0.0320. The van der Waals surface area contributed by atoms with E-state index >= 15 is 0 Å². The number of nitrogens with one attached hydrogen (secondary N) is 2. The molecule has 2 N–H and O–H groups in total. The topological polar surface area (TPSA) is 62.9 Å². The minimum Gasteiger partial charge on any atom is -0.459 e. The van der Waals surface area contributed by atoms with Gasteiger partial charge in [-0.1, -0.05) is 11.6 Å². The number of fused-ring (bicyclic) bond motifs is 3. The third kappa shape index (κ3) is 3.84. The van der Waals surface area contributed by atoms with Gasteiger partial charge in [0.2, 0.25) is 0 Å². The Kier molecular flexibility index (Phi) is 4.80. The van der Waals surface area contributed by atoms with E-state index in [-0.39, 0.29) is 41.2 Å². The molecule has 0 bridgehead atoms. The summed E-state index contributed by atoms with van der Waals surface area (Å²) in [6, 6.07) is 0. The third-order valence-corrected chi connectivity index (χ3v) is 5.52. The van der Waals surface area contributed by atoms with E-state index in [4.69, 9.17) is 9.47 Å². The van der Waals surface area contributed by atoms with E-state index in [9.17, 15) is 4.79 Å². The van der Waals surface area contributed by atoms with Gasteiger partial charge >= 0.3 is 5.97 Å². The van der Waals surface area contributed by atoms with Gasteiger partial charge in [0.05, 0.1) is 11.5 Å². The summed E-state index contributed by atoms with van der Waals surface area (Å²) in [6.07, 6.45) is 6.38. The Morgan fingerprint density at radius 1 is 1.38 bits per heavy atom. The van der Waals surface area contributed by atoms with Crippen LogP contribution in [0.5, 0.6) is 0 Å². The Balaban J connectivity index is 1.71. The quantitative estimate of drug-likeness (QED) is 0.359. The van der Waals surface area contributed by atoms with Crippen molar-refractivity contribution in [1.29, 1.82) is 0 Å². The van der Waals surface area contributed by atoms with Crippen LogP contribution in [0.15, 0.2) is 11.6 Å². The maximum absolute atomic E-state index is 12.5. The van der Waals surface area contributed by atoms with Crippen LogP contribution in [0.3, 0.4) is 0 Å². The molecule has 0 aromatic rings. The van der Waals surface area contributed by atoms with Crippen molar-refractivity contribution >= 4 is 5.97 Å². The van der Waals surface area contributed by atoms with Crippen LogP contribution in [0.2, 0.25) is 0 Å². The molecule has 1 aliphatic carbocycles. The zero-order valence-electron chi connectivity index (χ0n) is 15.6. The monoisotopic (exact) mass is 336 g/mol. The number of hydrogen-bond donors (Lipinski definition) is 2. The van der Waals surface area contributed by atoms with Gasteiger partial charge in [0, 0.05) is 18.0 Å². The molecule has 3 aliphatic rings. The van der Waals surface area contributed by atoms with Crippen molar-refractivity contribution < 1.29 is 14.3 Å². The van der Waals surface area contributed by atoms with E-state index in [1.54, 1.807) is 0 Å². The molecule has 5 heteroatoms. The molecule has 5 atom stereocenters. The smallest absolute Gasteiger partial charge is 0.311 e. The third-order valence-electron chi connectivity index (χ3n) is 5.52. The van der Waals surface area contributed by atoms with E-state index < -0.39 is 0 Å². The Morgan fingerprint density at radius 3 is 2.83 bits per heavy atom. The maximum Gasteiger partial charge on any atom is 0.311 e. The predicted octanol–water partition coefficient (Wildman–Crippen LogP) is 2.71. The van der Waals surface area contributed by atoms with Crippen molar-refractivity contribution in [3.05, 3.63) is 11.6 Å². The average Bonchev–Trinajstić information content (AvgIpc) is 3.03. The Bertz CT molecular complexity index is 525. The molecule has 5 nitrogen and oxygen atoms in total. The molecule has 0 saturated carbocycles. The van der Waals surface area contributed by atoms with Crippen molar-refractivity contribution in [2.24, 2.45) is 11.8 Å². The van der Waals surface area contributed by atoms with Crippen LogP contribution in [0.1, 0.15) is 60.3 Å². The standard InChI is InChI=1S/C19H32N2O3/c1-12-7-6-10-19(5)16(24-19)15-13(9-8-12)14(17(22)23-15)11-20-21-18(2,3)4/h7,13-16,20-21H,6,8-11H2,1-5H3/t13-,14-,15-,16-,19+/m0/s1. The highest BCUT2D eigenvalue weighted by Crippen LogP contribution is 2.50. The van der Waals surface area contributed by atoms with Crippen LogP contribution >= 0.6 is 0 Å². The highest BCUT2D eigenvalue weighted by Gasteiger charge is 2.62. The van der Waals surface area contributed by atoms with Crippen molar-refractivity contribution in [3.63, 3.8) is 0 Å². The van der Waals surface area contributed by atoms with Crippen molar-refractivity contribution in [2.45, 2.75) is 83.6 Å². The lowest BCUT2D eigenvalue weighted by Gasteiger charge is -2.25. The number of carbonyl (C=O) groups is 1. The van der Waals surface area contributed by atoms with Gasteiger partial charge in [-0.3, -0.25) is 15.6 Å². The minimum atomic E-state index is -0.122. The SMILES string of the molecule is CC1=CCC[C@@]2(C)O[C@H]2[C@H]2OC(=O)[C@@H](CNNC(C)(C)C)[C@@H]2CC1. The lowest BCUT2D eigenvalue weighted by Crippen LogP contribution is -2.49. The van der Waals surface area contributed by atoms with Gasteiger partial charge in [0.25, 0.3) is 0 Å². The number of allylic oxidation sites excluding steroid dienone is 2. The number of hydrogen-bond acceptors (Lipinski definition) is 5. The first-order valence-corrected chi connectivity index (χ1v) is 9.24. The first kappa shape index (κ1) is 17.9. The molecule has 0 aromatic carbocycles. The Morgan fingerprint density at radius 2 is 2.12 bits per heavy atom. The molecule has 2 heterocycles. The number of epoxide rings is 1. The van der Waals surface area contributed by atoms with Crippen LogP contribution < -0.4 is 10.9 Å². The highest BCUT2D eigenvalue weighted by atomic mass is 16.6. The second kappa shape index (κ2) is 6.43. The van der Waals surface area contributed by atoms with Gasteiger partial charge in [-0.15, -0.1) is 0 Å². The number of carbonyl (C=O) groups excluding carboxylic acids is 1. The molecule has 0 amide bonds. The van der Waals surface area contributed by atoms with Gasteiger partial charge in [-0.2, -0.15) is 0 Å². The molecule has 2 aliphatic heterocycles. The normalized spacial score (nSPS) is 39.5. The zero-order valence-corrected chi connectivity index (χ0v) is 15.6. The molecular formula is C19H32N2O3. The van der Waals surface area contributed by atoms with Gasteiger partial charge < -0.3 is 9.47 Å². The summed E-state index contributed by atoms with van der Waals surface area (Å²) in [5, 5.41) is 0. The lowest BCUT2D eigenvalue weighted by molar-refractivity contribution is -0.144. The number of hydrazine groups is 1. The summed E-state index contributed by atoms with van der Waals surface area (Å²) in [5.41, 5.74) is 7.75. The highest BCUT2D eigenvalue weighted by molar-refractivity contribution is 5.75. The van der Waals surface area contributed by atoms with Crippen molar-refractivity contribution in [2.75, 3.05) is 6.54 Å². The van der Waals surface area contributed by atoms with Gasteiger partial charge in [0.1, 0.15) is 12.2 Å².